The van der Waals surface area contributed by atoms with Crippen molar-refractivity contribution < 1.29 is 4.42 Å². The van der Waals surface area contributed by atoms with Gasteiger partial charge in [-0.1, -0.05) is 109 Å². The molecule has 0 amide bonds. The molecule has 226 valence electrons. The minimum atomic E-state index is -0.353. The monoisotopic (exact) mass is 633 g/mol. The molecule has 0 fully saturated rings. The largest absolute Gasteiger partial charge is 0.456 e. The Morgan fingerprint density at radius 1 is 0.562 bits per heavy atom. The zero-order valence-corrected chi connectivity index (χ0v) is 26.5. The van der Waals surface area contributed by atoms with Gasteiger partial charge in [0.25, 0.3) is 0 Å². The summed E-state index contributed by atoms with van der Waals surface area (Å²) in [5, 5.41) is 10.8. The molecular weight excluding hydrogens is 607 g/mol. The first-order chi connectivity index (χ1) is 23.8. The van der Waals surface area contributed by atoms with Crippen molar-refractivity contribution >= 4 is 75.9 Å². The Balaban J connectivity index is 1.22. The fourth-order valence-corrected chi connectivity index (χ4v) is 8.12. The van der Waals surface area contributed by atoms with Gasteiger partial charge in [0.2, 0.25) is 0 Å². The maximum absolute atomic E-state index is 6.44. The van der Waals surface area contributed by atoms with Crippen molar-refractivity contribution in [2.24, 2.45) is 9.98 Å². The molecule has 7 aromatic carbocycles. The van der Waals surface area contributed by atoms with E-state index >= 15 is 0 Å². The van der Waals surface area contributed by atoms with Crippen molar-refractivity contribution in [1.82, 2.24) is 5.32 Å². The smallest absolute Gasteiger partial charge is 0.159 e. The van der Waals surface area contributed by atoms with Gasteiger partial charge < -0.3 is 9.73 Å². The standard InChI is InChI=1S/C43H27N3OS/c1-2-11-27(12-3-1)41-44-42(30-20-23-38-34(25-30)32-14-7-9-17-37(32)48-38)46-43(45-41)40-31(29-19-18-26-10-4-5-13-28(26)24-29)21-22-36-39(40)33-15-6-8-16-35(33)47-36/h1-25,42H,(H,44,45,46). The predicted molar refractivity (Wildman–Crippen MR) is 201 cm³/mol. The van der Waals surface area contributed by atoms with Crippen molar-refractivity contribution in [2.45, 2.75) is 6.17 Å². The molecule has 2 aromatic heterocycles. The Kier molecular flexibility index (Phi) is 6.08. The van der Waals surface area contributed by atoms with E-state index in [9.17, 15) is 0 Å². The molecule has 9 aromatic rings. The van der Waals surface area contributed by atoms with Crippen LogP contribution in [0.15, 0.2) is 166 Å². The lowest BCUT2D eigenvalue weighted by Gasteiger charge is -2.25. The number of aliphatic imine (C=N–C) groups is 2. The third-order valence-electron chi connectivity index (χ3n) is 9.33. The fourth-order valence-electron chi connectivity index (χ4n) is 7.04. The Bertz CT molecular complexity index is 2770. The van der Waals surface area contributed by atoms with Crippen molar-refractivity contribution in [2.75, 3.05) is 0 Å². The molecule has 1 aliphatic rings. The Morgan fingerprint density at radius 2 is 1.33 bits per heavy atom. The summed E-state index contributed by atoms with van der Waals surface area (Å²) < 4.78 is 8.99. The van der Waals surface area contributed by atoms with Crippen molar-refractivity contribution in [3.8, 4) is 11.1 Å². The van der Waals surface area contributed by atoms with Crippen LogP contribution < -0.4 is 5.32 Å². The zero-order valence-electron chi connectivity index (χ0n) is 25.7. The number of hydrogen-bond acceptors (Lipinski definition) is 5. The lowest BCUT2D eigenvalue weighted by molar-refractivity contribution is 0.668. The quantitative estimate of drug-likeness (QED) is 0.210. The highest BCUT2D eigenvalue weighted by atomic mass is 32.1. The molecule has 3 heterocycles. The lowest BCUT2D eigenvalue weighted by Crippen LogP contribution is -2.34. The number of nitrogens with one attached hydrogen (secondary N) is 1. The third kappa shape index (κ3) is 4.36. The van der Waals surface area contributed by atoms with E-state index in [1.54, 1.807) is 0 Å². The van der Waals surface area contributed by atoms with Crippen molar-refractivity contribution in [3.05, 3.63) is 168 Å². The van der Waals surface area contributed by atoms with Gasteiger partial charge in [0.1, 0.15) is 23.2 Å². The van der Waals surface area contributed by atoms with Crippen LogP contribution in [0, 0.1) is 0 Å². The second kappa shape index (κ2) is 10.8. The lowest BCUT2D eigenvalue weighted by atomic mass is 9.92. The third-order valence-corrected chi connectivity index (χ3v) is 10.5. The molecule has 0 aliphatic carbocycles. The van der Waals surface area contributed by atoms with Crippen LogP contribution in [0.2, 0.25) is 0 Å². The topological polar surface area (TPSA) is 49.9 Å². The number of furan rings is 1. The first-order valence-electron chi connectivity index (χ1n) is 16.1. The average Bonchev–Trinajstić information content (AvgIpc) is 3.72. The number of benzene rings is 7. The molecule has 0 saturated carbocycles. The maximum Gasteiger partial charge on any atom is 0.159 e. The van der Waals surface area contributed by atoms with Crippen LogP contribution in [0.4, 0.5) is 0 Å². The van der Waals surface area contributed by atoms with Gasteiger partial charge in [-0.25, -0.2) is 9.98 Å². The van der Waals surface area contributed by atoms with Gasteiger partial charge in [-0.05, 0) is 69.9 Å². The van der Waals surface area contributed by atoms with E-state index < -0.39 is 0 Å². The van der Waals surface area contributed by atoms with Crippen LogP contribution in [-0.4, -0.2) is 11.7 Å². The summed E-state index contributed by atoms with van der Waals surface area (Å²) in [4.78, 5) is 10.5. The summed E-state index contributed by atoms with van der Waals surface area (Å²) in [7, 11) is 0. The van der Waals surface area contributed by atoms with Crippen LogP contribution in [0.3, 0.4) is 0 Å². The van der Waals surface area contributed by atoms with Crippen LogP contribution >= 0.6 is 11.3 Å². The minimum Gasteiger partial charge on any atom is -0.456 e. The van der Waals surface area contributed by atoms with E-state index in [0.29, 0.717) is 5.84 Å². The van der Waals surface area contributed by atoms with Crippen LogP contribution in [0.5, 0.6) is 0 Å². The maximum atomic E-state index is 6.44. The first kappa shape index (κ1) is 27.1. The number of amidine groups is 2. The molecule has 5 heteroatoms. The van der Waals surface area contributed by atoms with E-state index in [0.717, 1.165) is 55.6 Å². The number of nitrogens with zero attached hydrogens (tertiary/aromatic N) is 2. The van der Waals surface area contributed by atoms with Gasteiger partial charge in [0, 0.05) is 42.1 Å². The molecule has 1 N–H and O–H groups in total. The summed E-state index contributed by atoms with van der Waals surface area (Å²) in [6.07, 6.45) is -0.353. The molecule has 1 unspecified atom stereocenters. The second-order valence-corrected chi connectivity index (χ2v) is 13.3. The van der Waals surface area contributed by atoms with Gasteiger partial charge in [0.05, 0.1) is 0 Å². The summed E-state index contributed by atoms with van der Waals surface area (Å²) in [5.74, 6) is 1.46. The van der Waals surface area contributed by atoms with Crippen LogP contribution in [0.25, 0.3) is 64.0 Å². The molecule has 1 aliphatic heterocycles. The molecule has 48 heavy (non-hydrogen) atoms. The predicted octanol–water partition coefficient (Wildman–Crippen LogP) is 11.3. The molecule has 0 spiro atoms. The highest BCUT2D eigenvalue weighted by Gasteiger charge is 2.27. The number of rotatable bonds is 4. The zero-order chi connectivity index (χ0) is 31.6. The molecule has 10 rings (SSSR count). The highest BCUT2D eigenvalue weighted by Crippen LogP contribution is 2.40. The van der Waals surface area contributed by atoms with E-state index in [1.807, 2.05) is 41.7 Å². The van der Waals surface area contributed by atoms with Crippen molar-refractivity contribution in [3.63, 3.8) is 0 Å². The van der Waals surface area contributed by atoms with Crippen LogP contribution in [0.1, 0.15) is 22.9 Å². The number of para-hydroxylation sites is 1. The molecular formula is C43H27N3OS. The Labute approximate surface area is 280 Å². The SMILES string of the molecule is c1ccc(C2=NC(c3ccc4sc5ccccc5c4c3)NC(c3c(-c4ccc5ccccc5c4)ccc4oc5ccccc5c34)=N2)cc1. The van der Waals surface area contributed by atoms with E-state index in [1.165, 1.54) is 30.9 Å². The van der Waals surface area contributed by atoms with Gasteiger partial charge >= 0.3 is 0 Å². The molecule has 1 atom stereocenters. The summed E-state index contributed by atoms with van der Waals surface area (Å²) in [6.45, 7) is 0. The van der Waals surface area contributed by atoms with Gasteiger partial charge in [0.15, 0.2) is 5.84 Å². The molecule has 0 saturated heterocycles. The molecule has 4 nitrogen and oxygen atoms in total. The number of fused-ring (bicyclic) bond motifs is 7. The second-order valence-electron chi connectivity index (χ2n) is 12.2. The highest BCUT2D eigenvalue weighted by molar-refractivity contribution is 7.25. The molecule has 0 bridgehead atoms. The van der Waals surface area contributed by atoms with Crippen LogP contribution in [-0.2, 0) is 0 Å². The number of hydrogen-bond donors (Lipinski definition) is 1. The molecule has 0 radical (unpaired) electrons. The van der Waals surface area contributed by atoms with E-state index in [-0.39, 0.29) is 6.17 Å². The van der Waals surface area contributed by atoms with E-state index in [2.05, 4.69) is 127 Å². The normalized spacial score (nSPS) is 14.9. The van der Waals surface area contributed by atoms with E-state index in [4.69, 9.17) is 14.4 Å². The average molecular weight is 634 g/mol. The van der Waals surface area contributed by atoms with Gasteiger partial charge in [-0.3, -0.25) is 0 Å². The summed E-state index contributed by atoms with van der Waals surface area (Å²) in [5.41, 5.74) is 6.94. The number of thiophene rings is 1. The van der Waals surface area contributed by atoms with Gasteiger partial charge in [-0.2, -0.15) is 0 Å². The summed E-state index contributed by atoms with van der Waals surface area (Å²) in [6, 6.07) is 53.3. The minimum absolute atomic E-state index is 0.353. The van der Waals surface area contributed by atoms with Gasteiger partial charge in [-0.15, -0.1) is 11.3 Å². The van der Waals surface area contributed by atoms with Crippen molar-refractivity contribution in [1.29, 1.82) is 0 Å². The first-order valence-corrected chi connectivity index (χ1v) is 16.9. The fraction of sp³-hybridized carbons (Fsp3) is 0.0233. The summed E-state index contributed by atoms with van der Waals surface area (Å²) >= 11 is 1.83. The Morgan fingerprint density at radius 3 is 2.25 bits per heavy atom. The Hall–Kier alpha value is -6.04.